The lowest BCUT2D eigenvalue weighted by molar-refractivity contribution is -0.120. The zero-order valence-electron chi connectivity index (χ0n) is 19.5. The standard InChI is InChI=1S/C27H29N5OS/c1-3-22(23-12-8-5-9-13-23)18-29-26(33)20(2)34-27-31-30-25(24-14-16-28-17-15-24)32(27)19-21-10-6-4-7-11-21/h4-17,20,22H,3,18-19H2,1-2H3,(H,29,33)/t20-,22-/m0/s1. The van der Waals surface area contributed by atoms with Crippen LogP contribution in [0.3, 0.4) is 0 Å². The van der Waals surface area contributed by atoms with Crippen LogP contribution in [-0.2, 0) is 11.3 Å². The Morgan fingerprint density at radius 3 is 2.32 bits per heavy atom. The summed E-state index contributed by atoms with van der Waals surface area (Å²) in [4.78, 5) is 17.1. The third-order valence-electron chi connectivity index (χ3n) is 5.78. The average molecular weight is 472 g/mol. The molecule has 0 aliphatic heterocycles. The number of amides is 1. The molecular weight excluding hydrogens is 442 g/mol. The van der Waals surface area contributed by atoms with Crippen LogP contribution in [0.2, 0.25) is 0 Å². The number of hydrogen-bond acceptors (Lipinski definition) is 5. The number of thioether (sulfide) groups is 1. The Morgan fingerprint density at radius 1 is 0.971 bits per heavy atom. The van der Waals surface area contributed by atoms with E-state index in [0.717, 1.165) is 23.4 Å². The van der Waals surface area contributed by atoms with Crippen molar-refractivity contribution < 1.29 is 4.79 Å². The maximum Gasteiger partial charge on any atom is 0.233 e. The van der Waals surface area contributed by atoms with E-state index in [4.69, 9.17) is 0 Å². The Balaban J connectivity index is 1.49. The number of pyridine rings is 1. The van der Waals surface area contributed by atoms with Crippen LogP contribution in [0.5, 0.6) is 0 Å². The van der Waals surface area contributed by atoms with Crippen molar-refractivity contribution in [3.8, 4) is 11.4 Å². The molecule has 0 fully saturated rings. The number of nitrogens with one attached hydrogen (secondary N) is 1. The van der Waals surface area contributed by atoms with Crippen LogP contribution in [0.1, 0.15) is 37.3 Å². The van der Waals surface area contributed by atoms with Crippen LogP contribution in [0, 0.1) is 0 Å². The number of aromatic nitrogens is 4. The predicted octanol–water partition coefficient (Wildman–Crippen LogP) is 5.18. The van der Waals surface area contributed by atoms with Gasteiger partial charge in [-0.1, -0.05) is 79.3 Å². The fraction of sp³-hybridized carbons (Fsp3) is 0.259. The van der Waals surface area contributed by atoms with Gasteiger partial charge in [-0.25, -0.2) is 0 Å². The summed E-state index contributed by atoms with van der Waals surface area (Å²) in [6, 6.07) is 24.4. The van der Waals surface area contributed by atoms with Crippen molar-refractivity contribution in [3.63, 3.8) is 0 Å². The Morgan fingerprint density at radius 2 is 1.65 bits per heavy atom. The molecule has 34 heavy (non-hydrogen) atoms. The maximum absolute atomic E-state index is 12.9. The SMILES string of the molecule is CC[C@@H](CNC(=O)[C@H](C)Sc1nnc(-c2ccncc2)n1Cc1ccccc1)c1ccccc1. The fourth-order valence-corrected chi connectivity index (χ4v) is 4.67. The van der Waals surface area contributed by atoms with Crippen molar-refractivity contribution in [1.29, 1.82) is 0 Å². The van der Waals surface area contributed by atoms with Gasteiger partial charge in [0, 0.05) is 30.4 Å². The molecule has 2 aromatic heterocycles. The van der Waals surface area contributed by atoms with Crippen LogP contribution in [0.4, 0.5) is 0 Å². The minimum absolute atomic E-state index is 0.000830. The molecule has 0 saturated carbocycles. The predicted molar refractivity (Wildman–Crippen MR) is 137 cm³/mol. The minimum atomic E-state index is -0.308. The summed E-state index contributed by atoms with van der Waals surface area (Å²) in [5.41, 5.74) is 3.33. The number of benzene rings is 2. The van der Waals surface area contributed by atoms with Crippen LogP contribution in [0.25, 0.3) is 11.4 Å². The summed E-state index contributed by atoms with van der Waals surface area (Å²) >= 11 is 1.43. The Labute approximate surface area is 204 Å². The maximum atomic E-state index is 12.9. The van der Waals surface area contributed by atoms with Gasteiger partial charge < -0.3 is 5.32 Å². The number of carbonyl (C=O) groups excluding carboxylic acids is 1. The van der Waals surface area contributed by atoms with Gasteiger partial charge in [-0.3, -0.25) is 14.3 Å². The average Bonchev–Trinajstić information content (AvgIpc) is 3.27. The molecule has 1 N–H and O–H groups in total. The molecular formula is C27H29N5OS. The highest BCUT2D eigenvalue weighted by molar-refractivity contribution is 8.00. The molecule has 0 aliphatic carbocycles. The van der Waals surface area contributed by atoms with E-state index in [1.807, 2.05) is 55.5 Å². The van der Waals surface area contributed by atoms with Crippen molar-refractivity contribution in [2.75, 3.05) is 6.54 Å². The summed E-state index contributed by atoms with van der Waals surface area (Å²) in [5, 5.41) is 12.4. The highest BCUT2D eigenvalue weighted by atomic mass is 32.2. The molecule has 4 aromatic rings. The molecule has 0 spiro atoms. The lowest BCUT2D eigenvalue weighted by Gasteiger charge is -2.18. The van der Waals surface area contributed by atoms with E-state index in [-0.39, 0.29) is 11.2 Å². The molecule has 2 aromatic carbocycles. The summed E-state index contributed by atoms with van der Waals surface area (Å²) in [6.45, 7) is 5.29. The molecule has 0 bridgehead atoms. The van der Waals surface area contributed by atoms with E-state index in [1.165, 1.54) is 17.3 Å². The fourth-order valence-electron chi connectivity index (χ4n) is 3.80. The molecule has 4 rings (SSSR count). The Kier molecular flexibility index (Phi) is 8.09. The van der Waals surface area contributed by atoms with Crippen molar-refractivity contribution in [2.24, 2.45) is 0 Å². The van der Waals surface area contributed by atoms with Gasteiger partial charge in [-0.15, -0.1) is 10.2 Å². The first-order chi connectivity index (χ1) is 16.7. The second kappa shape index (κ2) is 11.6. The molecule has 1 amide bonds. The molecule has 0 unspecified atom stereocenters. The number of rotatable bonds is 10. The first kappa shape index (κ1) is 23.7. The normalized spacial score (nSPS) is 12.8. The monoisotopic (exact) mass is 471 g/mol. The minimum Gasteiger partial charge on any atom is -0.355 e. The van der Waals surface area contributed by atoms with Gasteiger partial charge in [0.05, 0.1) is 11.8 Å². The third kappa shape index (κ3) is 5.91. The first-order valence-electron chi connectivity index (χ1n) is 11.5. The Bertz CT molecular complexity index is 1180. The van der Waals surface area contributed by atoms with Gasteiger partial charge in [0.2, 0.25) is 5.91 Å². The van der Waals surface area contributed by atoms with E-state index in [0.29, 0.717) is 24.2 Å². The smallest absolute Gasteiger partial charge is 0.233 e. The molecule has 2 heterocycles. The molecule has 2 atom stereocenters. The second-order valence-corrected chi connectivity index (χ2v) is 9.44. The molecule has 0 aliphatic rings. The number of hydrogen-bond donors (Lipinski definition) is 1. The van der Waals surface area contributed by atoms with E-state index < -0.39 is 0 Å². The Hall–Kier alpha value is -3.45. The molecule has 0 saturated heterocycles. The summed E-state index contributed by atoms with van der Waals surface area (Å²) in [7, 11) is 0. The van der Waals surface area contributed by atoms with Crippen LogP contribution in [-0.4, -0.2) is 37.5 Å². The van der Waals surface area contributed by atoms with Crippen molar-refractivity contribution in [3.05, 3.63) is 96.3 Å². The van der Waals surface area contributed by atoms with Gasteiger partial charge in [0.25, 0.3) is 0 Å². The summed E-state index contributed by atoms with van der Waals surface area (Å²) in [6.07, 6.45) is 4.46. The van der Waals surface area contributed by atoms with Gasteiger partial charge >= 0.3 is 0 Å². The highest BCUT2D eigenvalue weighted by Gasteiger charge is 2.22. The van der Waals surface area contributed by atoms with E-state index in [1.54, 1.807) is 12.4 Å². The molecule has 7 heteroatoms. The van der Waals surface area contributed by atoms with Gasteiger partial charge in [-0.05, 0) is 36.6 Å². The van der Waals surface area contributed by atoms with E-state index in [2.05, 4.69) is 56.3 Å². The molecule has 174 valence electrons. The second-order valence-electron chi connectivity index (χ2n) is 8.13. The van der Waals surface area contributed by atoms with Crippen molar-refractivity contribution in [2.45, 2.75) is 43.1 Å². The van der Waals surface area contributed by atoms with Gasteiger partial charge in [0.15, 0.2) is 11.0 Å². The topological polar surface area (TPSA) is 72.7 Å². The molecule has 0 radical (unpaired) electrons. The van der Waals surface area contributed by atoms with E-state index in [9.17, 15) is 4.79 Å². The number of carbonyl (C=O) groups is 1. The summed E-state index contributed by atoms with van der Waals surface area (Å²) in [5.74, 6) is 1.05. The quantitative estimate of drug-likeness (QED) is 0.323. The zero-order valence-corrected chi connectivity index (χ0v) is 20.3. The van der Waals surface area contributed by atoms with Gasteiger partial charge in [0.1, 0.15) is 0 Å². The largest absolute Gasteiger partial charge is 0.355 e. The zero-order chi connectivity index (χ0) is 23.8. The summed E-state index contributed by atoms with van der Waals surface area (Å²) < 4.78 is 2.07. The van der Waals surface area contributed by atoms with Crippen molar-refractivity contribution >= 4 is 17.7 Å². The van der Waals surface area contributed by atoms with Crippen LogP contribution in [0.15, 0.2) is 90.3 Å². The lowest BCUT2D eigenvalue weighted by atomic mass is 9.96. The van der Waals surface area contributed by atoms with Crippen LogP contribution < -0.4 is 5.32 Å². The molecule has 6 nitrogen and oxygen atoms in total. The lowest BCUT2D eigenvalue weighted by Crippen LogP contribution is -2.34. The first-order valence-corrected chi connectivity index (χ1v) is 12.4. The number of nitrogens with zero attached hydrogens (tertiary/aromatic N) is 4. The van der Waals surface area contributed by atoms with E-state index >= 15 is 0 Å². The van der Waals surface area contributed by atoms with Gasteiger partial charge in [-0.2, -0.15) is 0 Å². The van der Waals surface area contributed by atoms with Crippen LogP contribution >= 0.6 is 11.8 Å². The third-order valence-corrected chi connectivity index (χ3v) is 6.86. The highest BCUT2D eigenvalue weighted by Crippen LogP contribution is 2.28. The van der Waals surface area contributed by atoms with Crippen molar-refractivity contribution in [1.82, 2.24) is 25.1 Å².